The van der Waals surface area contributed by atoms with Crippen LogP contribution in [0.4, 0.5) is 5.69 Å². The van der Waals surface area contributed by atoms with E-state index in [1.54, 1.807) is 0 Å². The zero-order valence-corrected chi connectivity index (χ0v) is 27.2. The molecule has 0 saturated heterocycles. The van der Waals surface area contributed by atoms with Crippen molar-refractivity contribution in [3.8, 4) is 33.4 Å². The summed E-state index contributed by atoms with van der Waals surface area (Å²) < 4.78 is 0. The van der Waals surface area contributed by atoms with Crippen LogP contribution in [0.15, 0.2) is 163 Å². The lowest BCUT2D eigenvalue weighted by molar-refractivity contribution is 1.39. The van der Waals surface area contributed by atoms with Crippen molar-refractivity contribution in [3.63, 3.8) is 0 Å². The summed E-state index contributed by atoms with van der Waals surface area (Å²) >= 11 is 0. The first kappa shape index (κ1) is 28.8. The Hall–Kier alpha value is -6.38. The predicted molar refractivity (Wildman–Crippen MR) is 212 cm³/mol. The zero-order chi connectivity index (χ0) is 32.9. The highest BCUT2D eigenvalue weighted by atomic mass is 14.8. The molecule has 230 valence electrons. The van der Waals surface area contributed by atoms with Crippen molar-refractivity contribution < 1.29 is 0 Å². The number of pyridine rings is 1. The fraction of sp³-hybridized carbons (Fsp3) is 0.0213. The molecule has 0 bridgehead atoms. The van der Waals surface area contributed by atoms with Crippen LogP contribution in [0.1, 0.15) is 12.5 Å². The van der Waals surface area contributed by atoms with Gasteiger partial charge in [0.2, 0.25) is 0 Å². The van der Waals surface area contributed by atoms with E-state index in [1.807, 2.05) is 25.3 Å². The summed E-state index contributed by atoms with van der Waals surface area (Å²) in [6.45, 7) is 5.92. The summed E-state index contributed by atoms with van der Waals surface area (Å²) in [5.74, 6) is 0. The van der Waals surface area contributed by atoms with Crippen LogP contribution in [0.2, 0.25) is 0 Å². The van der Waals surface area contributed by atoms with E-state index in [0.717, 1.165) is 33.3 Å². The van der Waals surface area contributed by atoms with E-state index in [9.17, 15) is 0 Å². The molecule has 1 aromatic heterocycles. The van der Waals surface area contributed by atoms with E-state index >= 15 is 0 Å². The van der Waals surface area contributed by atoms with Crippen molar-refractivity contribution in [1.82, 2.24) is 4.98 Å². The summed E-state index contributed by atoms with van der Waals surface area (Å²) in [5, 5.41) is 10.9. The van der Waals surface area contributed by atoms with Gasteiger partial charge in [-0.25, -0.2) is 0 Å². The lowest BCUT2D eigenvalue weighted by atomic mass is 9.84. The molecule has 0 unspecified atom stereocenters. The summed E-state index contributed by atoms with van der Waals surface area (Å²) in [5.41, 5.74) is 9.82. The van der Waals surface area contributed by atoms with Crippen LogP contribution in [-0.2, 0) is 0 Å². The van der Waals surface area contributed by atoms with E-state index in [0.29, 0.717) is 0 Å². The Labute approximate surface area is 285 Å². The molecule has 9 rings (SSSR count). The van der Waals surface area contributed by atoms with Crippen LogP contribution in [0.25, 0.3) is 93.4 Å². The third kappa shape index (κ3) is 4.72. The highest BCUT2D eigenvalue weighted by Gasteiger charge is 2.19. The van der Waals surface area contributed by atoms with Gasteiger partial charge in [-0.3, -0.25) is 9.98 Å². The number of rotatable bonds is 5. The number of allylic oxidation sites excluding steroid dienone is 1. The molecule has 2 heteroatoms. The fourth-order valence-electron chi connectivity index (χ4n) is 7.62. The third-order valence-electron chi connectivity index (χ3n) is 9.81. The average Bonchev–Trinajstić information content (AvgIpc) is 3.16. The highest BCUT2D eigenvalue weighted by molar-refractivity contribution is 6.23. The average molecular weight is 625 g/mol. The van der Waals surface area contributed by atoms with Gasteiger partial charge < -0.3 is 0 Å². The van der Waals surface area contributed by atoms with E-state index in [4.69, 9.17) is 4.98 Å². The van der Waals surface area contributed by atoms with Crippen molar-refractivity contribution in [2.75, 3.05) is 0 Å². The summed E-state index contributed by atoms with van der Waals surface area (Å²) in [4.78, 5) is 9.21. The molecule has 0 aliphatic heterocycles. The number of nitrogens with zero attached hydrogens (tertiary/aromatic N) is 2. The van der Waals surface area contributed by atoms with Gasteiger partial charge in [0.25, 0.3) is 0 Å². The van der Waals surface area contributed by atoms with Gasteiger partial charge in [0, 0.05) is 17.1 Å². The highest BCUT2D eigenvalue weighted by Crippen LogP contribution is 2.46. The first-order valence-corrected chi connectivity index (χ1v) is 16.7. The van der Waals surface area contributed by atoms with Gasteiger partial charge in [0.15, 0.2) is 0 Å². The lowest BCUT2D eigenvalue weighted by Crippen LogP contribution is -1.93. The maximum Gasteiger partial charge on any atom is 0.0970 e. The Kier molecular flexibility index (Phi) is 6.88. The van der Waals surface area contributed by atoms with Crippen molar-refractivity contribution in [1.29, 1.82) is 0 Å². The number of hydrogen-bond donors (Lipinski definition) is 0. The van der Waals surface area contributed by atoms with Crippen LogP contribution in [-0.4, -0.2) is 11.7 Å². The Morgan fingerprint density at radius 2 is 1.06 bits per heavy atom. The monoisotopic (exact) mass is 624 g/mol. The molecular formula is C47H32N2. The third-order valence-corrected chi connectivity index (χ3v) is 9.81. The van der Waals surface area contributed by atoms with Crippen LogP contribution in [0.5, 0.6) is 0 Å². The quantitative estimate of drug-likeness (QED) is 0.138. The molecule has 49 heavy (non-hydrogen) atoms. The second-order valence-electron chi connectivity index (χ2n) is 12.6. The number of hydrogen-bond acceptors (Lipinski definition) is 2. The minimum Gasteiger partial charge on any atom is -0.262 e. The Morgan fingerprint density at radius 1 is 0.510 bits per heavy atom. The van der Waals surface area contributed by atoms with Gasteiger partial charge in [0.1, 0.15) is 0 Å². The Morgan fingerprint density at radius 3 is 1.69 bits per heavy atom. The molecule has 8 aromatic carbocycles. The van der Waals surface area contributed by atoms with Gasteiger partial charge in [-0.1, -0.05) is 127 Å². The number of benzene rings is 8. The van der Waals surface area contributed by atoms with E-state index in [2.05, 4.69) is 157 Å². The molecule has 2 nitrogen and oxygen atoms in total. The van der Waals surface area contributed by atoms with Crippen LogP contribution in [0, 0.1) is 0 Å². The molecular weight excluding hydrogens is 593 g/mol. The van der Waals surface area contributed by atoms with Gasteiger partial charge in [-0.2, -0.15) is 0 Å². The topological polar surface area (TPSA) is 25.2 Å². The molecule has 0 aliphatic carbocycles. The minimum atomic E-state index is 0.805. The minimum absolute atomic E-state index is 0.805. The predicted octanol–water partition coefficient (Wildman–Crippen LogP) is 13.2. The second-order valence-corrected chi connectivity index (χ2v) is 12.6. The summed E-state index contributed by atoms with van der Waals surface area (Å²) in [7, 11) is 0. The van der Waals surface area contributed by atoms with Crippen LogP contribution >= 0.6 is 0 Å². The molecule has 0 fully saturated rings. The molecule has 0 saturated carbocycles. The summed E-state index contributed by atoms with van der Waals surface area (Å²) in [6, 6.07) is 53.2. The molecule has 9 aromatic rings. The molecule has 0 amide bonds. The number of aromatic nitrogens is 1. The van der Waals surface area contributed by atoms with Crippen LogP contribution in [0.3, 0.4) is 0 Å². The van der Waals surface area contributed by atoms with Gasteiger partial charge >= 0.3 is 0 Å². The van der Waals surface area contributed by atoms with Crippen molar-refractivity contribution in [2.45, 2.75) is 6.92 Å². The summed E-state index contributed by atoms with van der Waals surface area (Å²) in [6.07, 6.45) is 5.97. The van der Waals surface area contributed by atoms with E-state index in [-0.39, 0.29) is 0 Å². The van der Waals surface area contributed by atoms with Gasteiger partial charge in [-0.15, -0.1) is 0 Å². The molecule has 0 aliphatic rings. The number of aliphatic imine (C=N–C) groups is 1. The van der Waals surface area contributed by atoms with Crippen molar-refractivity contribution in [2.24, 2.45) is 4.99 Å². The molecule has 1 heterocycles. The lowest BCUT2D eigenvalue weighted by Gasteiger charge is -2.20. The van der Waals surface area contributed by atoms with Crippen LogP contribution < -0.4 is 0 Å². The SMILES string of the molecule is C=Nc1c(/C=C\C)cc(-c2ccc3c(-c4ccc5ccccc5c4)c4ccccc4c(-c4ccc5ccccc5c4)c3c2)c2cccnc12. The first-order chi connectivity index (χ1) is 24.2. The number of fused-ring (bicyclic) bond motifs is 5. The molecule has 0 radical (unpaired) electrons. The molecule has 0 spiro atoms. The molecule has 0 atom stereocenters. The Bertz CT molecular complexity index is 2810. The molecule has 0 N–H and O–H groups in total. The maximum atomic E-state index is 4.79. The van der Waals surface area contributed by atoms with Crippen molar-refractivity contribution in [3.05, 3.63) is 163 Å². The van der Waals surface area contributed by atoms with Crippen molar-refractivity contribution >= 4 is 72.5 Å². The van der Waals surface area contributed by atoms with Gasteiger partial charge in [-0.05, 0) is 120 Å². The Balaban J connectivity index is 1.42. The van der Waals surface area contributed by atoms with E-state index < -0.39 is 0 Å². The first-order valence-electron chi connectivity index (χ1n) is 16.7. The maximum absolute atomic E-state index is 4.79. The second kappa shape index (κ2) is 11.7. The zero-order valence-electron chi connectivity index (χ0n) is 27.2. The standard InChI is InChI=1S/C47H32N2/c1-3-11-37-29-42(41-18-10-25-49-47(41)46(37)48-2)34-23-24-40-43(28-34)45(36-22-20-31-13-5-7-15-33(31)27-36)39-17-9-8-16-38(39)44(40)35-21-19-30-12-4-6-14-32(30)26-35/h3-29H,2H2,1H3/b11-3-. The van der Waals surface area contributed by atoms with Gasteiger partial charge in [0.05, 0.1) is 11.2 Å². The smallest absolute Gasteiger partial charge is 0.0970 e. The fourth-order valence-corrected chi connectivity index (χ4v) is 7.62. The largest absolute Gasteiger partial charge is 0.262 e. The normalized spacial score (nSPS) is 11.8. The van der Waals surface area contributed by atoms with E-state index in [1.165, 1.54) is 65.3 Å².